The highest BCUT2D eigenvalue weighted by atomic mass is 19.4. The fraction of sp³-hybridized carbons (Fsp3) is 1.00. The third-order valence-corrected chi connectivity index (χ3v) is 3.85. The number of hydrogen-bond acceptors (Lipinski definition) is 1. The van der Waals surface area contributed by atoms with Crippen molar-refractivity contribution in [1.29, 1.82) is 0 Å². The first-order valence-electron chi connectivity index (χ1n) is 7.31. The maximum absolute atomic E-state index is 12.1. The lowest BCUT2D eigenvalue weighted by Gasteiger charge is -2.27. The van der Waals surface area contributed by atoms with E-state index < -0.39 is 12.6 Å². The second-order valence-corrected chi connectivity index (χ2v) is 5.50. The van der Waals surface area contributed by atoms with E-state index in [1.54, 1.807) is 0 Å². The van der Waals surface area contributed by atoms with E-state index in [4.69, 9.17) is 0 Å². The lowest BCUT2D eigenvalue weighted by atomic mass is 9.84. The number of rotatable bonds is 7. The van der Waals surface area contributed by atoms with Gasteiger partial charge in [-0.2, -0.15) is 13.2 Å². The molecule has 0 aromatic rings. The van der Waals surface area contributed by atoms with Gasteiger partial charge in [-0.25, -0.2) is 0 Å². The molecule has 1 rings (SSSR count). The van der Waals surface area contributed by atoms with Crippen LogP contribution in [0.1, 0.15) is 64.7 Å². The van der Waals surface area contributed by atoms with Crippen molar-refractivity contribution in [3.8, 4) is 0 Å². The Kier molecular flexibility index (Phi) is 7.05. The van der Waals surface area contributed by atoms with Crippen molar-refractivity contribution >= 4 is 0 Å². The summed E-state index contributed by atoms with van der Waals surface area (Å²) in [5.74, 6) is 0.730. The van der Waals surface area contributed by atoms with Crippen molar-refractivity contribution < 1.29 is 13.2 Å². The van der Waals surface area contributed by atoms with Crippen LogP contribution < -0.4 is 5.32 Å². The standard InChI is InChI=1S/C14H26F3N/c1-2-18-13(9-6-10-14(15,16)17)11-12-7-4-3-5-8-12/h12-13,18H,2-11H2,1H3. The molecular weight excluding hydrogens is 239 g/mol. The van der Waals surface area contributed by atoms with Crippen molar-refractivity contribution in [2.75, 3.05) is 6.54 Å². The van der Waals surface area contributed by atoms with E-state index in [0.29, 0.717) is 6.42 Å². The second kappa shape index (κ2) is 8.03. The van der Waals surface area contributed by atoms with Crippen molar-refractivity contribution in [2.45, 2.75) is 76.9 Å². The Morgan fingerprint density at radius 3 is 2.39 bits per heavy atom. The van der Waals surface area contributed by atoms with Gasteiger partial charge in [0.25, 0.3) is 0 Å². The van der Waals surface area contributed by atoms with Gasteiger partial charge in [0.1, 0.15) is 0 Å². The van der Waals surface area contributed by atoms with Gasteiger partial charge in [-0.1, -0.05) is 39.0 Å². The molecule has 0 heterocycles. The van der Waals surface area contributed by atoms with E-state index in [-0.39, 0.29) is 12.5 Å². The van der Waals surface area contributed by atoms with Crippen LogP contribution in [0.4, 0.5) is 13.2 Å². The zero-order valence-electron chi connectivity index (χ0n) is 11.4. The summed E-state index contributed by atoms with van der Waals surface area (Å²) in [6.45, 7) is 2.88. The predicted molar refractivity (Wildman–Crippen MR) is 68.6 cm³/mol. The number of halogens is 3. The van der Waals surface area contributed by atoms with Crippen molar-refractivity contribution in [1.82, 2.24) is 5.32 Å². The Morgan fingerprint density at radius 2 is 1.83 bits per heavy atom. The SMILES string of the molecule is CCNC(CCCC(F)(F)F)CC1CCCCC1. The summed E-state index contributed by atoms with van der Waals surface area (Å²) in [5, 5.41) is 3.35. The topological polar surface area (TPSA) is 12.0 Å². The molecule has 0 aliphatic heterocycles. The van der Waals surface area contributed by atoms with Gasteiger partial charge in [0.15, 0.2) is 0 Å². The molecule has 108 valence electrons. The minimum absolute atomic E-state index is 0.258. The van der Waals surface area contributed by atoms with Gasteiger partial charge in [-0.15, -0.1) is 0 Å². The fourth-order valence-electron chi connectivity index (χ4n) is 2.97. The maximum atomic E-state index is 12.1. The van der Waals surface area contributed by atoms with Crippen molar-refractivity contribution in [3.05, 3.63) is 0 Å². The third-order valence-electron chi connectivity index (χ3n) is 3.85. The van der Waals surface area contributed by atoms with E-state index in [1.807, 2.05) is 6.92 Å². The molecule has 1 aliphatic rings. The first-order chi connectivity index (χ1) is 8.51. The van der Waals surface area contributed by atoms with Crippen LogP contribution in [0.3, 0.4) is 0 Å². The third kappa shape index (κ3) is 7.24. The molecule has 0 radical (unpaired) electrons. The van der Waals surface area contributed by atoms with E-state index in [1.165, 1.54) is 32.1 Å². The molecule has 0 saturated heterocycles. The highest BCUT2D eigenvalue weighted by Gasteiger charge is 2.27. The Labute approximate surface area is 109 Å². The molecule has 18 heavy (non-hydrogen) atoms. The first kappa shape index (κ1) is 15.8. The molecule has 1 aliphatic carbocycles. The van der Waals surface area contributed by atoms with Gasteiger partial charge in [-0.05, 0) is 31.7 Å². The normalized spacial score (nSPS) is 20.0. The molecule has 1 saturated carbocycles. The molecule has 4 heteroatoms. The molecular formula is C14H26F3N. The summed E-state index contributed by atoms with van der Waals surface area (Å²) in [6.07, 6.45) is 3.79. The molecule has 0 spiro atoms. The van der Waals surface area contributed by atoms with Crippen molar-refractivity contribution in [2.24, 2.45) is 5.92 Å². The summed E-state index contributed by atoms with van der Waals surface area (Å²) in [4.78, 5) is 0. The van der Waals surface area contributed by atoms with Crippen LogP contribution in [-0.2, 0) is 0 Å². The molecule has 0 aromatic heterocycles. The number of hydrogen-bond donors (Lipinski definition) is 1. The molecule has 1 N–H and O–H groups in total. The minimum atomic E-state index is -4.00. The van der Waals surface area contributed by atoms with Crippen LogP contribution >= 0.6 is 0 Å². The van der Waals surface area contributed by atoms with Gasteiger partial charge in [0.2, 0.25) is 0 Å². The van der Waals surface area contributed by atoms with Gasteiger partial charge in [0, 0.05) is 12.5 Å². The quantitative estimate of drug-likeness (QED) is 0.705. The molecule has 0 amide bonds. The Hall–Kier alpha value is -0.250. The average Bonchev–Trinajstić information content (AvgIpc) is 2.29. The van der Waals surface area contributed by atoms with Gasteiger partial charge < -0.3 is 5.32 Å². The summed E-state index contributed by atoms with van der Waals surface area (Å²) >= 11 is 0. The smallest absolute Gasteiger partial charge is 0.314 e. The molecule has 1 fully saturated rings. The van der Waals surface area contributed by atoms with Crippen LogP contribution in [0.2, 0.25) is 0 Å². The Morgan fingerprint density at radius 1 is 1.17 bits per heavy atom. The lowest BCUT2D eigenvalue weighted by molar-refractivity contribution is -0.135. The molecule has 1 atom stereocenters. The Balaban J connectivity index is 2.25. The molecule has 0 aromatic carbocycles. The van der Waals surface area contributed by atoms with E-state index in [0.717, 1.165) is 18.9 Å². The average molecular weight is 265 g/mol. The molecule has 1 unspecified atom stereocenters. The van der Waals surface area contributed by atoms with Crippen LogP contribution in [0, 0.1) is 5.92 Å². The lowest BCUT2D eigenvalue weighted by Crippen LogP contribution is -2.32. The van der Waals surface area contributed by atoms with Crippen LogP contribution in [-0.4, -0.2) is 18.8 Å². The molecule has 1 nitrogen and oxygen atoms in total. The first-order valence-corrected chi connectivity index (χ1v) is 7.31. The molecule has 0 bridgehead atoms. The highest BCUT2D eigenvalue weighted by Crippen LogP contribution is 2.29. The minimum Gasteiger partial charge on any atom is -0.314 e. The van der Waals surface area contributed by atoms with Crippen LogP contribution in [0.15, 0.2) is 0 Å². The monoisotopic (exact) mass is 265 g/mol. The number of nitrogens with one attached hydrogen (secondary N) is 1. The van der Waals surface area contributed by atoms with Gasteiger partial charge in [0.05, 0.1) is 0 Å². The summed E-state index contributed by atoms with van der Waals surface area (Å²) in [5.41, 5.74) is 0. The van der Waals surface area contributed by atoms with Crippen LogP contribution in [0.5, 0.6) is 0 Å². The fourth-order valence-corrected chi connectivity index (χ4v) is 2.97. The van der Waals surface area contributed by atoms with Gasteiger partial charge in [-0.3, -0.25) is 0 Å². The largest absolute Gasteiger partial charge is 0.389 e. The zero-order valence-corrected chi connectivity index (χ0v) is 11.4. The van der Waals surface area contributed by atoms with Crippen LogP contribution in [0.25, 0.3) is 0 Å². The van der Waals surface area contributed by atoms with E-state index in [9.17, 15) is 13.2 Å². The zero-order chi connectivity index (χ0) is 13.4. The predicted octanol–water partition coefficient (Wildman–Crippen LogP) is 4.67. The number of alkyl halides is 3. The Bertz CT molecular complexity index is 210. The van der Waals surface area contributed by atoms with Crippen molar-refractivity contribution in [3.63, 3.8) is 0 Å². The summed E-state index contributed by atoms with van der Waals surface area (Å²) in [7, 11) is 0. The van der Waals surface area contributed by atoms with E-state index >= 15 is 0 Å². The summed E-state index contributed by atoms with van der Waals surface area (Å²) in [6, 6.07) is 0.278. The summed E-state index contributed by atoms with van der Waals surface area (Å²) < 4.78 is 36.4. The second-order valence-electron chi connectivity index (χ2n) is 5.50. The van der Waals surface area contributed by atoms with E-state index in [2.05, 4.69) is 5.32 Å². The maximum Gasteiger partial charge on any atom is 0.389 e. The van der Waals surface area contributed by atoms with Gasteiger partial charge >= 0.3 is 6.18 Å². The highest BCUT2D eigenvalue weighted by molar-refractivity contribution is 4.75.